The molecule has 2 heterocycles. The van der Waals surface area contributed by atoms with Gasteiger partial charge in [-0.15, -0.1) is 0 Å². The smallest absolute Gasteiger partial charge is 0.0529 e. The zero-order chi connectivity index (χ0) is 9.26. The molecule has 70 valence electrons. The first kappa shape index (κ1) is 8.54. The summed E-state index contributed by atoms with van der Waals surface area (Å²) in [6.07, 6.45) is 5.37. The van der Waals surface area contributed by atoms with Crippen LogP contribution in [0.4, 0.5) is 0 Å². The number of aliphatic imine (C=N–C) groups is 1. The fourth-order valence-corrected chi connectivity index (χ4v) is 1.96. The van der Waals surface area contributed by atoms with Gasteiger partial charge in [0.15, 0.2) is 0 Å². The monoisotopic (exact) mass is 176 g/mol. The molecule has 0 radical (unpaired) electrons. The molecule has 0 bridgehead atoms. The zero-order valence-electron chi connectivity index (χ0n) is 8.30. The normalized spacial score (nSPS) is 21.1. The lowest BCUT2D eigenvalue weighted by molar-refractivity contribution is 0.708. The average molecular weight is 176 g/mol. The molecule has 1 atom stereocenters. The largest absolute Gasteiger partial charge is 0.364 e. The van der Waals surface area contributed by atoms with Crippen LogP contribution < -0.4 is 0 Å². The van der Waals surface area contributed by atoms with E-state index >= 15 is 0 Å². The van der Waals surface area contributed by atoms with Crippen LogP contribution in [0.15, 0.2) is 17.3 Å². The van der Waals surface area contributed by atoms with Crippen LogP contribution in [0, 0.1) is 0 Å². The first-order chi connectivity index (χ1) is 6.31. The lowest BCUT2D eigenvalue weighted by Crippen LogP contribution is -2.17. The number of fused-ring (bicyclic) bond motifs is 1. The number of hydrogen-bond acceptors (Lipinski definition) is 1. The van der Waals surface area contributed by atoms with E-state index in [0.29, 0.717) is 6.04 Å². The van der Waals surface area contributed by atoms with Crippen molar-refractivity contribution in [1.29, 1.82) is 0 Å². The van der Waals surface area contributed by atoms with Gasteiger partial charge in [-0.2, -0.15) is 0 Å². The van der Waals surface area contributed by atoms with Crippen LogP contribution in [0.2, 0.25) is 0 Å². The summed E-state index contributed by atoms with van der Waals surface area (Å²) in [6.45, 7) is 4.38. The summed E-state index contributed by atoms with van der Waals surface area (Å²) in [6, 6.07) is 2.60. The van der Waals surface area contributed by atoms with Crippen molar-refractivity contribution in [2.24, 2.45) is 4.99 Å². The van der Waals surface area contributed by atoms with E-state index in [0.717, 1.165) is 12.8 Å². The number of nitrogens with zero attached hydrogens (tertiary/aromatic N) is 1. The summed E-state index contributed by atoms with van der Waals surface area (Å²) in [5.74, 6) is 0. The summed E-state index contributed by atoms with van der Waals surface area (Å²) in [5.41, 5.74) is 4.00. The van der Waals surface area contributed by atoms with Crippen molar-refractivity contribution in [3.63, 3.8) is 0 Å². The van der Waals surface area contributed by atoms with E-state index in [1.165, 1.54) is 23.4 Å². The third-order valence-corrected chi connectivity index (χ3v) is 2.51. The Bertz CT molecular complexity index is 323. The fraction of sp³-hybridized carbons (Fsp3) is 0.545. The van der Waals surface area contributed by atoms with Gasteiger partial charge in [-0.3, -0.25) is 4.99 Å². The molecule has 0 saturated heterocycles. The van der Waals surface area contributed by atoms with Crippen molar-refractivity contribution in [3.05, 3.63) is 23.5 Å². The van der Waals surface area contributed by atoms with Crippen molar-refractivity contribution in [1.82, 2.24) is 4.98 Å². The molecule has 0 unspecified atom stereocenters. The zero-order valence-corrected chi connectivity index (χ0v) is 8.30. The van der Waals surface area contributed by atoms with Gasteiger partial charge in [-0.25, -0.2) is 0 Å². The molecule has 2 heteroatoms. The van der Waals surface area contributed by atoms with Gasteiger partial charge in [0.25, 0.3) is 0 Å². The van der Waals surface area contributed by atoms with Gasteiger partial charge in [0.2, 0.25) is 0 Å². The quantitative estimate of drug-likeness (QED) is 0.717. The molecule has 0 fully saturated rings. The third kappa shape index (κ3) is 1.53. The highest BCUT2D eigenvalue weighted by atomic mass is 14.8. The molecule has 1 N–H and O–H groups in total. The van der Waals surface area contributed by atoms with Crippen LogP contribution in [0.1, 0.15) is 37.9 Å². The van der Waals surface area contributed by atoms with E-state index in [2.05, 4.69) is 29.9 Å². The molecule has 0 spiro atoms. The van der Waals surface area contributed by atoms with Gasteiger partial charge < -0.3 is 4.98 Å². The summed E-state index contributed by atoms with van der Waals surface area (Å²) in [5, 5.41) is 0. The van der Waals surface area contributed by atoms with E-state index < -0.39 is 0 Å². The number of H-pyrrole nitrogens is 1. The molecule has 0 aliphatic carbocycles. The standard InChI is InChI=1S/C11H16N2/c1-3-4-10-9-5-6-12-11(9)7-8(2)13-10/h5-6,8,12H,3-4,7H2,1-2H3/t8-/m1/s1. The predicted octanol–water partition coefficient (Wildman–Crippen LogP) is 2.55. The lowest BCUT2D eigenvalue weighted by Gasteiger charge is -2.17. The molecule has 1 aromatic rings. The lowest BCUT2D eigenvalue weighted by atomic mass is 9.99. The molecule has 1 aliphatic heterocycles. The number of aromatic nitrogens is 1. The van der Waals surface area contributed by atoms with Crippen LogP contribution in [0.5, 0.6) is 0 Å². The number of nitrogens with one attached hydrogen (secondary N) is 1. The Morgan fingerprint density at radius 2 is 2.46 bits per heavy atom. The van der Waals surface area contributed by atoms with Crippen molar-refractivity contribution >= 4 is 5.71 Å². The Kier molecular flexibility index (Phi) is 2.21. The molecule has 0 saturated carbocycles. The summed E-state index contributed by atoms with van der Waals surface area (Å²) in [4.78, 5) is 7.98. The highest BCUT2D eigenvalue weighted by Crippen LogP contribution is 2.20. The summed E-state index contributed by atoms with van der Waals surface area (Å²) < 4.78 is 0. The van der Waals surface area contributed by atoms with Crippen molar-refractivity contribution in [2.45, 2.75) is 39.2 Å². The molecule has 1 aromatic heterocycles. The maximum Gasteiger partial charge on any atom is 0.0529 e. The summed E-state index contributed by atoms with van der Waals surface area (Å²) in [7, 11) is 0. The molecule has 13 heavy (non-hydrogen) atoms. The molecule has 0 amide bonds. The number of hydrogen-bond donors (Lipinski definition) is 1. The van der Waals surface area contributed by atoms with Crippen LogP contribution in [-0.4, -0.2) is 16.7 Å². The van der Waals surface area contributed by atoms with Crippen LogP contribution in [0.25, 0.3) is 0 Å². The first-order valence-corrected chi connectivity index (χ1v) is 5.04. The van der Waals surface area contributed by atoms with E-state index in [-0.39, 0.29) is 0 Å². The van der Waals surface area contributed by atoms with Gasteiger partial charge in [0.1, 0.15) is 0 Å². The van der Waals surface area contributed by atoms with Crippen molar-refractivity contribution in [3.8, 4) is 0 Å². The van der Waals surface area contributed by atoms with Gasteiger partial charge in [0.05, 0.1) is 6.04 Å². The Morgan fingerprint density at radius 1 is 1.62 bits per heavy atom. The minimum absolute atomic E-state index is 0.452. The van der Waals surface area contributed by atoms with Gasteiger partial charge in [-0.05, 0) is 19.4 Å². The Morgan fingerprint density at radius 3 is 3.23 bits per heavy atom. The molecule has 1 aliphatic rings. The Labute approximate surface area is 79.1 Å². The minimum atomic E-state index is 0.452. The third-order valence-electron chi connectivity index (χ3n) is 2.51. The first-order valence-electron chi connectivity index (χ1n) is 5.04. The van der Waals surface area contributed by atoms with Gasteiger partial charge in [0, 0.05) is 29.6 Å². The van der Waals surface area contributed by atoms with Crippen LogP contribution >= 0.6 is 0 Å². The molecule has 2 nitrogen and oxygen atoms in total. The predicted molar refractivity (Wildman–Crippen MR) is 55.4 cm³/mol. The summed E-state index contributed by atoms with van der Waals surface area (Å²) >= 11 is 0. The highest BCUT2D eigenvalue weighted by molar-refractivity contribution is 6.02. The number of aromatic amines is 1. The fourth-order valence-electron chi connectivity index (χ4n) is 1.96. The maximum atomic E-state index is 4.68. The van der Waals surface area contributed by atoms with E-state index in [9.17, 15) is 0 Å². The second-order valence-electron chi connectivity index (χ2n) is 3.75. The SMILES string of the molecule is CCCC1=N[C@H](C)Cc2[nH]ccc21. The Hall–Kier alpha value is -1.05. The average Bonchev–Trinajstić information content (AvgIpc) is 2.52. The van der Waals surface area contributed by atoms with Crippen molar-refractivity contribution in [2.75, 3.05) is 0 Å². The topological polar surface area (TPSA) is 28.1 Å². The van der Waals surface area contributed by atoms with Crippen molar-refractivity contribution < 1.29 is 0 Å². The molecule has 0 aromatic carbocycles. The van der Waals surface area contributed by atoms with Crippen LogP contribution in [0.3, 0.4) is 0 Å². The van der Waals surface area contributed by atoms with Gasteiger partial charge >= 0.3 is 0 Å². The molecular formula is C11H16N2. The van der Waals surface area contributed by atoms with E-state index in [1.807, 2.05) is 6.20 Å². The molecule has 2 rings (SSSR count). The van der Waals surface area contributed by atoms with E-state index in [1.54, 1.807) is 0 Å². The minimum Gasteiger partial charge on any atom is -0.364 e. The second-order valence-corrected chi connectivity index (χ2v) is 3.75. The Balaban J connectivity index is 2.34. The highest BCUT2D eigenvalue weighted by Gasteiger charge is 2.17. The molecular weight excluding hydrogens is 160 g/mol. The second kappa shape index (κ2) is 3.36. The van der Waals surface area contributed by atoms with Gasteiger partial charge in [-0.1, -0.05) is 13.3 Å². The van der Waals surface area contributed by atoms with E-state index in [4.69, 9.17) is 0 Å². The van der Waals surface area contributed by atoms with Crippen LogP contribution in [-0.2, 0) is 6.42 Å². The maximum absolute atomic E-state index is 4.68. The number of rotatable bonds is 2.